The van der Waals surface area contributed by atoms with Gasteiger partial charge in [-0.15, -0.1) is 0 Å². The smallest absolute Gasteiger partial charge is 0.325 e. The zero-order valence-corrected chi connectivity index (χ0v) is 10.5. The highest BCUT2D eigenvalue weighted by Gasteiger charge is 2.67. The molecule has 3 atom stereocenters. The first-order valence-electron chi connectivity index (χ1n) is 5.80. The Morgan fingerprint density at radius 3 is 2.71 bits per heavy atom. The van der Waals surface area contributed by atoms with Crippen LogP contribution in [0.25, 0.3) is 0 Å². The van der Waals surface area contributed by atoms with Crippen LogP contribution in [-0.4, -0.2) is 21.5 Å². The van der Waals surface area contributed by atoms with Gasteiger partial charge >= 0.3 is 5.97 Å². The average molecular weight is 250 g/mol. The maximum absolute atomic E-state index is 12.5. The van der Waals surface area contributed by atoms with Gasteiger partial charge in [0.15, 0.2) is 4.75 Å². The molecule has 0 spiro atoms. The van der Waals surface area contributed by atoms with Gasteiger partial charge in [-0.3, -0.25) is 9.00 Å². The average Bonchev–Trinajstić information content (AvgIpc) is 3.06. The monoisotopic (exact) mass is 250 g/mol. The normalized spacial score (nSPS) is 32.5. The van der Waals surface area contributed by atoms with Crippen LogP contribution < -0.4 is 0 Å². The van der Waals surface area contributed by atoms with Crippen molar-refractivity contribution in [2.75, 3.05) is 6.61 Å². The van der Waals surface area contributed by atoms with Crippen LogP contribution in [-0.2, 0) is 20.3 Å². The van der Waals surface area contributed by atoms with Gasteiger partial charge in [0, 0.05) is 4.90 Å². The zero-order valence-electron chi connectivity index (χ0n) is 9.64. The number of ether oxygens (including phenoxy) is 1. The first-order chi connectivity index (χ1) is 8.14. The summed E-state index contributed by atoms with van der Waals surface area (Å²) in [5, 5.41) is 0. The number of benzene rings is 1. The van der Waals surface area contributed by atoms with Crippen LogP contribution >= 0.6 is 0 Å². The van der Waals surface area contributed by atoms with Crippen molar-refractivity contribution in [2.45, 2.75) is 29.4 Å². The molecule has 1 heterocycles. The van der Waals surface area contributed by atoms with E-state index < -0.39 is 15.5 Å². The van der Waals surface area contributed by atoms with Crippen molar-refractivity contribution < 1.29 is 13.7 Å². The lowest BCUT2D eigenvalue weighted by molar-refractivity contribution is -0.146. The minimum absolute atomic E-state index is 0.255. The zero-order chi connectivity index (χ0) is 12.0. The van der Waals surface area contributed by atoms with Gasteiger partial charge < -0.3 is 4.74 Å². The summed E-state index contributed by atoms with van der Waals surface area (Å²) < 4.78 is 16.8. The Kier molecular flexibility index (Phi) is 2.36. The number of carbonyl (C=O) groups is 1. The molecule has 1 saturated carbocycles. The molecule has 0 N–H and O–H groups in total. The summed E-state index contributed by atoms with van der Waals surface area (Å²) in [6, 6.07) is 7.54. The molecule has 3 rings (SSSR count). The third-order valence-electron chi connectivity index (χ3n) is 3.66. The van der Waals surface area contributed by atoms with E-state index in [9.17, 15) is 9.00 Å². The number of rotatable bonds is 2. The molecule has 1 aromatic rings. The van der Waals surface area contributed by atoms with Gasteiger partial charge in [0.25, 0.3) is 0 Å². The fourth-order valence-electron chi connectivity index (χ4n) is 2.48. The van der Waals surface area contributed by atoms with Gasteiger partial charge in [-0.05, 0) is 37.8 Å². The van der Waals surface area contributed by atoms with E-state index in [1.165, 1.54) is 0 Å². The molecule has 0 aromatic heterocycles. The number of aryl methyl sites for hydroxylation is 1. The molecule has 0 unspecified atom stereocenters. The van der Waals surface area contributed by atoms with Gasteiger partial charge in [-0.1, -0.05) is 17.7 Å². The van der Waals surface area contributed by atoms with Crippen molar-refractivity contribution in [1.82, 2.24) is 0 Å². The van der Waals surface area contributed by atoms with E-state index in [2.05, 4.69) is 0 Å². The Balaban J connectivity index is 1.92. The summed E-state index contributed by atoms with van der Waals surface area (Å²) in [4.78, 5) is 12.6. The molecule has 3 nitrogen and oxygen atoms in total. The van der Waals surface area contributed by atoms with E-state index in [4.69, 9.17) is 4.74 Å². The van der Waals surface area contributed by atoms with Crippen molar-refractivity contribution in [3.05, 3.63) is 29.8 Å². The second-order valence-electron chi connectivity index (χ2n) is 4.80. The lowest BCUT2D eigenvalue weighted by atomic mass is 10.2. The summed E-state index contributed by atoms with van der Waals surface area (Å²) >= 11 is 0. The quantitative estimate of drug-likeness (QED) is 0.752. The third-order valence-corrected chi connectivity index (χ3v) is 5.69. The van der Waals surface area contributed by atoms with Gasteiger partial charge in [0.05, 0.1) is 17.4 Å². The van der Waals surface area contributed by atoms with E-state index >= 15 is 0 Å². The first kappa shape index (κ1) is 11.0. The number of cyclic esters (lactones) is 1. The van der Waals surface area contributed by atoms with Gasteiger partial charge in [-0.25, -0.2) is 0 Å². The van der Waals surface area contributed by atoms with Gasteiger partial charge in [0.2, 0.25) is 0 Å². The van der Waals surface area contributed by atoms with Crippen molar-refractivity contribution in [3.8, 4) is 0 Å². The summed E-state index contributed by atoms with van der Waals surface area (Å²) in [6.07, 6.45) is 1.57. The molecule has 1 aromatic carbocycles. The topological polar surface area (TPSA) is 43.4 Å². The van der Waals surface area contributed by atoms with Gasteiger partial charge in [-0.2, -0.15) is 0 Å². The summed E-state index contributed by atoms with van der Waals surface area (Å²) in [7, 11) is -1.27. The van der Waals surface area contributed by atoms with Crippen LogP contribution in [0.4, 0.5) is 0 Å². The molecule has 1 saturated heterocycles. The molecular formula is C13H14O3S. The lowest BCUT2D eigenvalue weighted by Gasteiger charge is -2.20. The number of hydrogen-bond donors (Lipinski definition) is 0. The highest BCUT2D eigenvalue weighted by molar-refractivity contribution is 7.87. The fourth-order valence-corrected chi connectivity index (χ4v) is 4.27. The van der Waals surface area contributed by atoms with Crippen LogP contribution in [0, 0.1) is 12.8 Å². The second-order valence-corrected chi connectivity index (χ2v) is 6.53. The Morgan fingerprint density at radius 2 is 2.06 bits per heavy atom. The minimum Gasteiger partial charge on any atom is -0.465 e. The predicted octanol–water partition coefficient (Wildman–Crippen LogP) is 1.81. The Hall–Kier alpha value is -1.16. The Morgan fingerprint density at radius 1 is 1.35 bits per heavy atom. The van der Waals surface area contributed by atoms with Crippen LogP contribution in [0.5, 0.6) is 0 Å². The number of carbonyl (C=O) groups excluding carboxylic acids is 1. The molecule has 0 amide bonds. The summed E-state index contributed by atoms with van der Waals surface area (Å²) in [6.45, 7) is 2.47. The van der Waals surface area contributed by atoms with E-state index in [1.807, 2.05) is 31.2 Å². The maximum Gasteiger partial charge on any atom is 0.325 e. The number of hydrogen-bond acceptors (Lipinski definition) is 3. The van der Waals surface area contributed by atoms with E-state index in [0.29, 0.717) is 13.0 Å². The SMILES string of the molecule is Cc1ccc([S@](=O)[C@]23C[C@H]2CCOC3=O)cc1. The predicted molar refractivity (Wildman–Crippen MR) is 64.0 cm³/mol. The molecule has 4 heteroatoms. The molecular weight excluding hydrogens is 236 g/mol. The van der Waals surface area contributed by atoms with E-state index in [1.54, 1.807) is 0 Å². The molecule has 2 aliphatic rings. The van der Waals surface area contributed by atoms with Crippen LogP contribution in [0.2, 0.25) is 0 Å². The molecule has 17 heavy (non-hydrogen) atoms. The molecule has 90 valence electrons. The number of fused-ring (bicyclic) bond motifs is 1. The van der Waals surface area contributed by atoms with E-state index in [-0.39, 0.29) is 11.9 Å². The maximum atomic E-state index is 12.5. The molecule has 0 radical (unpaired) electrons. The Bertz CT molecular complexity index is 494. The summed E-state index contributed by atoms with van der Waals surface area (Å²) in [5.74, 6) is -0.0152. The third kappa shape index (κ3) is 1.54. The van der Waals surface area contributed by atoms with Crippen molar-refractivity contribution in [3.63, 3.8) is 0 Å². The highest BCUT2D eigenvalue weighted by Crippen LogP contribution is 2.55. The van der Waals surface area contributed by atoms with Gasteiger partial charge in [0.1, 0.15) is 0 Å². The lowest BCUT2D eigenvalue weighted by Crippen LogP contribution is -2.36. The van der Waals surface area contributed by atoms with Crippen molar-refractivity contribution >= 4 is 16.8 Å². The molecule has 1 aliphatic carbocycles. The fraction of sp³-hybridized carbons (Fsp3) is 0.462. The largest absolute Gasteiger partial charge is 0.465 e. The van der Waals surface area contributed by atoms with E-state index in [0.717, 1.165) is 16.9 Å². The molecule has 2 fully saturated rings. The van der Waals surface area contributed by atoms with Crippen LogP contribution in [0.15, 0.2) is 29.2 Å². The van der Waals surface area contributed by atoms with Crippen LogP contribution in [0.3, 0.4) is 0 Å². The second kappa shape index (κ2) is 3.67. The first-order valence-corrected chi connectivity index (χ1v) is 6.95. The minimum atomic E-state index is -1.27. The molecule has 1 aliphatic heterocycles. The van der Waals surface area contributed by atoms with Crippen molar-refractivity contribution in [1.29, 1.82) is 0 Å². The Labute approximate surface area is 103 Å². The molecule has 0 bridgehead atoms. The summed E-state index contributed by atoms with van der Waals surface area (Å²) in [5.41, 5.74) is 1.13. The van der Waals surface area contributed by atoms with Crippen molar-refractivity contribution in [2.24, 2.45) is 5.92 Å². The number of esters is 1. The van der Waals surface area contributed by atoms with Crippen LogP contribution in [0.1, 0.15) is 18.4 Å². The highest BCUT2D eigenvalue weighted by atomic mass is 32.2. The standard InChI is InChI=1S/C13H14O3S/c1-9-2-4-11(5-3-9)17(15)13-8-10(13)6-7-16-12(13)14/h2-5,10H,6-8H2,1H3/t10-,13-,17+/m1/s1.